The van der Waals surface area contributed by atoms with Crippen LogP contribution in [0.3, 0.4) is 0 Å². The van der Waals surface area contributed by atoms with E-state index in [4.69, 9.17) is 5.73 Å². The van der Waals surface area contributed by atoms with E-state index in [1.54, 1.807) is 43.3 Å². The van der Waals surface area contributed by atoms with Gasteiger partial charge in [-0.1, -0.05) is 36.4 Å². The number of halogens is 2. The molecule has 2 N–H and O–H groups in total. The Hall–Kier alpha value is -2.76. The van der Waals surface area contributed by atoms with Crippen LogP contribution in [0.15, 0.2) is 54.6 Å². The largest absolute Gasteiger partial charge is 0.368 e. The summed E-state index contributed by atoms with van der Waals surface area (Å²) in [4.78, 5) is 25.4. The minimum atomic E-state index is -2.99. The van der Waals surface area contributed by atoms with Gasteiger partial charge in [0.15, 0.2) is 0 Å². The van der Waals surface area contributed by atoms with Crippen molar-refractivity contribution in [3.8, 4) is 0 Å². The summed E-state index contributed by atoms with van der Waals surface area (Å²) in [6.45, 7) is 2.19. The molecule has 2 amide bonds. The first kappa shape index (κ1) is 18.6. The van der Waals surface area contributed by atoms with Crippen LogP contribution in [0, 0.1) is 0 Å². The van der Waals surface area contributed by atoms with Crippen molar-refractivity contribution in [1.29, 1.82) is 0 Å². The van der Waals surface area contributed by atoms with Gasteiger partial charge in [-0.3, -0.25) is 9.59 Å². The molecule has 25 heavy (non-hydrogen) atoms. The molecule has 4 nitrogen and oxygen atoms in total. The molecule has 0 aliphatic heterocycles. The predicted octanol–water partition coefficient (Wildman–Crippen LogP) is 3.49. The summed E-state index contributed by atoms with van der Waals surface area (Å²) in [5.74, 6) is -4.05. The van der Waals surface area contributed by atoms with E-state index in [1.807, 2.05) is 0 Å². The highest BCUT2D eigenvalue weighted by atomic mass is 19.3. The van der Waals surface area contributed by atoms with Crippen molar-refractivity contribution in [3.05, 3.63) is 71.3 Å². The van der Waals surface area contributed by atoms with Gasteiger partial charge in [-0.15, -0.1) is 0 Å². The van der Waals surface area contributed by atoms with E-state index >= 15 is 0 Å². The Morgan fingerprint density at radius 3 is 2.32 bits per heavy atom. The van der Waals surface area contributed by atoms with E-state index in [0.29, 0.717) is 11.1 Å². The van der Waals surface area contributed by atoms with Crippen LogP contribution in [0.4, 0.5) is 8.78 Å². The van der Waals surface area contributed by atoms with E-state index in [0.717, 1.165) is 6.92 Å². The van der Waals surface area contributed by atoms with Crippen molar-refractivity contribution in [2.24, 2.45) is 5.73 Å². The average molecular weight is 346 g/mol. The molecular formula is C19H20F2N2O2. The standard InChI is InChI=1S/C19H20F2N2O2/c1-13(15-9-6-10-16(11-15)19(2,20)21)23(12-17(22)24)18(25)14-7-4-3-5-8-14/h3-11,13H,12H2,1-2H3,(H2,22,24). The summed E-state index contributed by atoms with van der Waals surface area (Å²) in [5, 5.41) is 0. The lowest BCUT2D eigenvalue weighted by molar-refractivity contribution is -0.119. The molecule has 0 aliphatic rings. The Balaban J connectivity index is 2.38. The minimum absolute atomic E-state index is 0.150. The first-order valence-electron chi connectivity index (χ1n) is 7.82. The summed E-state index contributed by atoms with van der Waals surface area (Å²) in [6, 6.07) is 13.7. The first-order chi connectivity index (χ1) is 11.7. The van der Waals surface area contributed by atoms with Crippen molar-refractivity contribution in [2.75, 3.05) is 6.54 Å². The lowest BCUT2D eigenvalue weighted by atomic mass is 10.0. The zero-order valence-corrected chi connectivity index (χ0v) is 14.1. The Morgan fingerprint density at radius 2 is 1.76 bits per heavy atom. The highest BCUT2D eigenvalue weighted by Crippen LogP contribution is 2.30. The van der Waals surface area contributed by atoms with Gasteiger partial charge in [-0.25, -0.2) is 8.78 Å². The Labute approximate surface area is 145 Å². The molecule has 0 radical (unpaired) electrons. The smallest absolute Gasteiger partial charge is 0.270 e. The van der Waals surface area contributed by atoms with Gasteiger partial charge in [0.1, 0.15) is 6.54 Å². The highest BCUT2D eigenvalue weighted by molar-refractivity contribution is 5.96. The number of rotatable bonds is 6. The number of benzene rings is 2. The second kappa shape index (κ2) is 7.42. The van der Waals surface area contributed by atoms with Crippen LogP contribution in [-0.2, 0) is 10.7 Å². The van der Waals surface area contributed by atoms with E-state index in [9.17, 15) is 18.4 Å². The molecule has 0 aliphatic carbocycles. The summed E-state index contributed by atoms with van der Waals surface area (Å²) in [5.41, 5.74) is 6.02. The molecule has 1 unspecified atom stereocenters. The molecule has 0 saturated carbocycles. The van der Waals surface area contributed by atoms with Gasteiger partial charge in [0.2, 0.25) is 5.91 Å². The number of alkyl halides is 2. The maximum absolute atomic E-state index is 13.6. The molecule has 2 aromatic rings. The van der Waals surface area contributed by atoms with Crippen molar-refractivity contribution in [2.45, 2.75) is 25.8 Å². The molecule has 132 valence electrons. The first-order valence-corrected chi connectivity index (χ1v) is 7.82. The number of nitrogens with two attached hydrogens (primary N) is 1. The van der Waals surface area contributed by atoms with Gasteiger partial charge >= 0.3 is 0 Å². The van der Waals surface area contributed by atoms with Gasteiger partial charge in [-0.05, 0) is 30.7 Å². The quantitative estimate of drug-likeness (QED) is 0.870. The topological polar surface area (TPSA) is 63.4 Å². The molecule has 2 aromatic carbocycles. The maximum atomic E-state index is 13.6. The minimum Gasteiger partial charge on any atom is -0.368 e. The van der Waals surface area contributed by atoms with Crippen LogP contribution in [0.5, 0.6) is 0 Å². The molecule has 0 spiro atoms. The van der Waals surface area contributed by atoms with Crippen molar-refractivity contribution >= 4 is 11.8 Å². The summed E-state index contributed by atoms with van der Waals surface area (Å²) in [7, 11) is 0. The zero-order valence-electron chi connectivity index (χ0n) is 14.1. The number of amides is 2. The van der Waals surface area contributed by atoms with Crippen molar-refractivity contribution < 1.29 is 18.4 Å². The van der Waals surface area contributed by atoms with Crippen molar-refractivity contribution in [1.82, 2.24) is 4.90 Å². The molecule has 0 fully saturated rings. The number of carbonyl (C=O) groups excluding carboxylic acids is 2. The van der Waals surface area contributed by atoms with Gasteiger partial charge in [0.05, 0.1) is 6.04 Å². The van der Waals surface area contributed by atoms with Crippen LogP contribution in [0.2, 0.25) is 0 Å². The zero-order chi connectivity index (χ0) is 18.6. The number of nitrogens with zero attached hydrogens (tertiary/aromatic N) is 1. The van der Waals surface area contributed by atoms with E-state index in [1.165, 1.54) is 23.1 Å². The predicted molar refractivity (Wildman–Crippen MR) is 91.1 cm³/mol. The molecule has 0 saturated heterocycles. The molecule has 1 atom stereocenters. The molecule has 2 rings (SSSR count). The van der Waals surface area contributed by atoms with E-state index in [-0.39, 0.29) is 18.0 Å². The van der Waals surface area contributed by atoms with Crippen LogP contribution >= 0.6 is 0 Å². The molecule has 0 aromatic heterocycles. The number of carbonyl (C=O) groups is 2. The molecular weight excluding hydrogens is 326 g/mol. The van der Waals surface area contributed by atoms with E-state index in [2.05, 4.69) is 0 Å². The lowest BCUT2D eigenvalue weighted by Crippen LogP contribution is -2.40. The maximum Gasteiger partial charge on any atom is 0.270 e. The second-order valence-corrected chi connectivity index (χ2v) is 5.96. The van der Waals surface area contributed by atoms with E-state index < -0.39 is 17.9 Å². The molecule has 0 bridgehead atoms. The fourth-order valence-electron chi connectivity index (χ4n) is 2.55. The Kier molecular flexibility index (Phi) is 5.51. The normalized spacial score (nSPS) is 12.5. The molecule has 6 heteroatoms. The fourth-order valence-corrected chi connectivity index (χ4v) is 2.55. The van der Waals surface area contributed by atoms with Crippen LogP contribution in [0.25, 0.3) is 0 Å². The SMILES string of the molecule is CC(c1cccc(C(C)(F)F)c1)N(CC(N)=O)C(=O)c1ccccc1. The van der Waals surface area contributed by atoms with Gasteiger partial charge < -0.3 is 10.6 Å². The highest BCUT2D eigenvalue weighted by Gasteiger charge is 2.28. The Morgan fingerprint density at radius 1 is 1.12 bits per heavy atom. The Bertz CT molecular complexity index is 758. The van der Waals surface area contributed by atoms with Gasteiger partial charge in [-0.2, -0.15) is 0 Å². The molecule has 0 heterocycles. The van der Waals surface area contributed by atoms with Crippen molar-refractivity contribution in [3.63, 3.8) is 0 Å². The van der Waals surface area contributed by atoms with Crippen LogP contribution in [0.1, 0.15) is 41.4 Å². The fraction of sp³-hybridized carbons (Fsp3) is 0.263. The average Bonchev–Trinajstić information content (AvgIpc) is 2.58. The van der Waals surface area contributed by atoms with Gasteiger partial charge in [0, 0.05) is 18.1 Å². The summed E-state index contributed by atoms with van der Waals surface area (Å²) < 4.78 is 27.2. The monoisotopic (exact) mass is 346 g/mol. The number of hydrogen-bond donors (Lipinski definition) is 1. The number of primary amides is 1. The third-order valence-corrected chi connectivity index (χ3v) is 3.95. The van der Waals surface area contributed by atoms with Crippen LogP contribution < -0.4 is 5.73 Å². The summed E-state index contributed by atoms with van der Waals surface area (Å²) in [6.07, 6.45) is 0. The number of hydrogen-bond acceptors (Lipinski definition) is 2. The third kappa shape index (κ3) is 4.62. The third-order valence-electron chi connectivity index (χ3n) is 3.95. The lowest BCUT2D eigenvalue weighted by Gasteiger charge is -2.29. The summed E-state index contributed by atoms with van der Waals surface area (Å²) >= 11 is 0. The van der Waals surface area contributed by atoms with Gasteiger partial charge in [0.25, 0.3) is 11.8 Å². The van der Waals surface area contributed by atoms with Crippen LogP contribution in [-0.4, -0.2) is 23.3 Å². The second-order valence-electron chi connectivity index (χ2n) is 5.96.